The summed E-state index contributed by atoms with van der Waals surface area (Å²) in [5, 5.41) is 24.2. The molecule has 3 heterocycles. The van der Waals surface area contributed by atoms with Crippen molar-refractivity contribution in [3.8, 4) is 0 Å². The molecule has 0 amide bonds. The van der Waals surface area contributed by atoms with Crippen molar-refractivity contribution < 1.29 is 29.0 Å². The van der Waals surface area contributed by atoms with Crippen molar-refractivity contribution in [1.29, 1.82) is 0 Å². The monoisotopic (exact) mass is 400 g/mol. The molecule has 3 aliphatic heterocycles. The van der Waals surface area contributed by atoms with Crippen LogP contribution in [0.1, 0.15) is 39.5 Å². The quantitative estimate of drug-likeness (QED) is 0.390. The van der Waals surface area contributed by atoms with Gasteiger partial charge in [0.25, 0.3) is 0 Å². The summed E-state index contributed by atoms with van der Waals surface area (Å²) in [6.07, 6.45) is 1.77. The molecule has 0 aromatic carbocycles. The summed E-state index contributed by atoms with van der Waals surface area (Å²) < 4.78 is 6.19. The molecule has 6 heteroatoms. The van der Waals surface area contributed by atoms with Crippen LogP contribution < -0.4 is 0 Å². The first kappa shape index (κ1) is 17.4. The van der Waals surface area contributed by atoms with Gasteiger partial charge in [-0.1, -0.05) is 19.1 Å². The zero-order valence-electron chi connectivity index (χ0n) is 17.4. The molecule has 12 unspecified atom stereocenters. The normalized spacial score (nSPS) is 67.4. The van der Waals surface area contributed by atoms with Gasteiger partial charge in [0.2, 0.25) is 5.72 Å². The second-order valence-electron chi connectivity index (χ2n) is 12.1. The minimum atomic E-state index is -1.22. The summed E-state index contributed by atoms with van der Waals surface area (Å²) in [5.41, 5.74) is -1.32. The number of Topliss-reactive ketones (excluding diaryl/α,β-unsaturated/α-hetero) is 1. The average molecular weight is 400 g/mol. The first-order chi connectivity index (χ1) is 13.5. The van der Waals surface area contributed by atoms with Crippen LogP contribution in [0.15, 0.2) is 12.2 Å². The lowest BCUT2D eigenvalue weighted by atomic mass is 9.39. The maximum Gasteiger partial charge on any atom is 0.302 e. The van der Waals surface area contributed by atoms with Crippen molar-refractivity contribution in [1.82, 2.24) is 0 Å². The van der Waals surface area contributed by atoms with Gasteiger partial charge in [0.05, 0.1) is 25.4 Å². The van der Waals surface area contributed by atoms with Gasteiger partial charge in [-0.25, -0.2) is 0 Å². The minimum Gasteiger partial charge on any atom is -0.463 e. The van der Waals surface area contributed by atoms with Gasteiger partial charge in [0, 0.05) is 29.1 Å². The van der Waals surface area contributed by atoms with Crippen molar-refractivity contribution in [2.45, 2.75) is 63.5 Å². The van der Waals surface area contributed by atoms with Gasteiger partial charge in [0.1, 0.15) is 24.0 Å². The Kier molecular flexibility index (Phi) is 2.55. The molecule has 0 aromatic rings. The summed E-state index contributed by atoms with van der Waals surface area (Å²) in [6.45, 7) is 8.62. The molecule has 156 valence electrons. The molecule has 0 radical (unpaired) electrons. The number of ketones is 1. The fourth-order valence-electron chi connectivity index (χ4n) is 11.6. The van der Waals surface area contributed by atoms with Crippen LogP contribution in [0.3, 0.4) is 0 Å². The molecular weight excluding hydrogens is 370 g/mol. The van der Waals surface area contributed by atoms with E-state index in [1.165, 1.54) is 6.92 Å². The Balaban J connectivity index is 1.52. The number of fused-ring (bicyclic) bond motifs is 1. The second kappa shape index (κ2) is 4.23. The topological polar surface area (TPSA) is 83.8 Å². The van der Waals surface area contributed by atoms with E-state index < -0.39 is 17.2 Å². The van der Waals surface area contributed by atoms with Crippen LogP contribution in [-0.2, 0) is 14.3 Å². The summed E-state index contributed by atoms with van der Waals surface area (Å²) in [4.78, 5) is 25.5. The molecule has 29 heavy (non-hydrogen) atoms. The summed E-state index contributed by atoms with van der Waals surface area (Å²) >= 11 is 0. The summed E-state index contributed by atoms with van der Waals surface area (Å²) in [6, 6.07) is 0.0166. The van der Waals surface area contributed by atoms with E-state index in [0.29, 0.717) is 10.9 Å². The maximum absolute atomic E-state index is 13.6. The van der Waals surface area contributed by atoms with Gasteiger partial charge in [-0.15, -0.1) is 0 Å². The number of quaternary nitrogens is 1. The highest BCUT2D eigenvalue weighted by atomic mass is 16.5. The predicted octanol–water partition coefficient (Wildman–Crippen LogP) is 1.01. The number of carbonyl (C=O) groups excluding carboxylic acids is 2. The molecule has 2 N–H and O–H groups in total. The van der Waals surface area contributed by atoms with E-state index in [2.05, 4.69) is 20.6 Å². The Morgan fingerprint density at radius 2 is 2.03 bits per heavy atom. The lowest BCUT2D eigenvalue weighted by Crippen LogP contribution is -2.78. The van der Waals surface area contributed by atoms with Gasteiger partial charge < -0.3 is 14.9 Å². The van der Waals surface area contributed by atoms with Gasteiger partial charge in [-0.05, 0) is 31.6 Å². The van der Waals surface area contributed by atoms with Gasteiger partial charge in [-0.2, -0.15) is 0 Å². The van der Waals surface area contributed by atoms with E-state index in [1.807, 2.05) is 0 Å². The van der Waals surface area contributed by atoms with Crippen molar-refractivity contribution in [3.63, 3.8) is 0 Å². The maximum atomic E-state index is 13.6. The van der Waals surface area contributed by atoms with Crippen LogP contribution in [0, 0.1) is 39.9 Å². The Hall–Kier alpha value is -1.24. The largest absolute Gasteiger partial charge is 0.463 e. The number of allylic oxidation sites excluding steroid dienone is 1. The Bertz CT molecular complexity index is 948. The van der Waals surface area contributed by atoms with Crippen molar-refractivity contribution >= 4 is 11.8 Å². The summed E-state index contributed by atoms with van der Waals surface area (Å²) in [5.74, 6) is -0.172. The number of aliphatic hydroxyl groups excluding tert-OH is 1. The van der Waals surface area contributed by atoms with Gasteiger partial charge in [-0.3, -0.25) is 14.1 Å². The Labute approximate surface area is 170 Å². The number of nitrogens with zero attached hydrogens (tertiary/aromatic N) is 1. The lowest BCUT2D eigenvalue weighted by Gasteiger charge is -2.65. The number of carbonyl (C=O) groups is 2. The molecule has 9 aliphatic rings. The van der Waals surface area contributed by atoms with E-state index in [9.17, 15) is 19.8 Å². The van der Waals surface area contributed by atoms with Crippen LogP contribution >= 0.6 is 0 Å². The Morgan fingerprint density at radius 3 is 2.72 bits per heavy atom. The van der Waals surface area contributed by atoms with Gasteiger partial charge in [0.15, 0.2) is 0 Å². The van der Waals surface area contributed by atoms with E-state index in [4.69, 9.17) is 4.74 Å². The van der Waals surface area contributed by atoms with Crippen molar-refractivity contribution in [2.75, 3.05) is 13.6 Å². The molecule has 0 aromatic heterocycles. The molecule has 9 fully saturated rings. The summed E-state index contributed by atoms with van der Waals surface area (Å²) in [7, 11) is 2.09. The number of rotatable bonds is 1. The molecule has 6 aliphatic carbocycles. The smallest absolute Gasteiger partial charge is 0.302 e. The molecule has 12 atom stereocenters. The fraction of sp³-hybridized carbons (Fsp3) is 0.826. The molecule has 6 nitrogen and oxygen atoms in total. The zero-order valence-corrected chi connectivity index (χ0v) is 17.4. The van der Waals surface area contributed by atoms with E-state index >= 15 is 0 Å². The standard InChI is InChI=1S/C23H30NO5/c1-10-6-21-14-5-13(10)16(26)15(21)17-22(14)8-12(29-11(2)25)7-20(3)9-24(17,4)23(28,18(20)22)19(21)27/h12-15,17-19,27-28H,1,5-9H2,2-4H3/q+1. The number of ether oxygens (including phenoxy) is 1. The van der Waals surface area contributed by atoms with Crippen molar-refractivity contribution in [2.24, 2.45) is 39.9 Å². The van der Waals surface area contributed by atoms with Crippen LogP contribution in [0.25, 0.3) is 0 Å². The number of esters is 1. The first-order valence-corrected chi connectivity index (χ1v) is 11.1. The van der Waals surface area contributed by atoms with Crippen LogP contribution in [-0.4, -0.2) is 64.0 Å². The highest BCUT2D eigenvalue weighted by molar-refractivity contribution is 5.91. The number of aliphatic hydroxyl groups is 2. The fourth-order valence-corrected chi connectivity index (χ4v) is 11.6. The zero-order chi connectivity index (χ0) is 20.5. The highest BCUT2D eigenvalue weighted by Gasteiger charge is 3.01. The van der Waals surface area contributed by atoms with Crippen LogP contribution in [0.4, 0.5) is 0 Å². The SMILES string of the molecule is C=C1CC23C4C(=O)C1CC2C12CC(OC(C)=O)CC5(C)C[N+](C)(C41)C(O)(C3O)C52. The van der Waals surface area contributed by atoms with E-state index in [-0.39, 0.29) is 58.4 Å². The van der Waals surface area contributed by atoms with Crippen molar-refractivity contribution in [3.05, 3.63) is 12.2 Å². The first-order valence-electron chi connectivity index (χ1n) is 11.1. The number of piperidine rings is 2. The molecule has 9 bridgehead atoms. The average Bonchev–Trinajstić information content (AvgIpc) is 2.94. The Morgan fingerprint density at radius 1 is 1.31 bits per heavy atom. The third kappa shape index (κ3) is 1.29. The number of likely N-dealkylation sites (N-methyl/N-ethyl adjacent to an activating group) is 1. The number of hydrogen-bond acceptors (Lipinski definition) is 5. The van der Waals surface area contributed by atoms with Crippen LogP contribution in [0.5, 0.6) is 0 Å². The molecule has 3 saturated heterocycles. The second-order valence-corrected chi connectivity index (χ2v) is 12.1. The highest BCUT2D eigenvalue weighted by Crippen LogP contribution is 2.90. The van der Waals surface area contributed by atoms with E-state index in [0.717, 1.165) is 31.4 Å². The molecule has 9 rings (SSSR count). The van der Waals surface area contributed by atoms with E-state index in [1.54, 1.807) is 0 Å². The van der Waals surface area contributed by atoms with Crippen LogP contribution in [0.2, 0.25) is 0 Å². The minimum absolute atomic E-state index is 0.0166. The predicted molar refractivity (Wildman–Crippen MR) is 101 cm³/mol. The number of hydrogen-bond donors (Lipinski definition) is 2. The molecule has 6 saturated carbocycles. The third-order valence-corrected chi connectivity index (χ3v) is 11.2. The lowest BCUT2D eigenvalue weighted by molar-refractivity contribution is -0.998. The molecular formula is C23H30NO5+. The van der Waals surface area contributed by atoms with Gasteiger partial charge >= 0.3 is 5.97 Å². The third-order valence-electron chi connectivity index (χ3n) is 11.2. The molecule has 2 spiro atoms.